The SMILES string of the molecule is Cc1nnn(Cc2cccc(F)c2)c1C(=O)O. The fourth-order valence-corrected chi connectivity index (χ4v) is 1.58. The molecule has 6 heteroatoms. The molecule has 0 aliphatic heterocycles. The van der Waals surface area contributed by atoms with Crippen molar-refractivity contribution < 1.29 is 14.3 Å². The zero-order chi connectivity index (χ0) is 12.4. The molecule has 1 heterocycles. The van der Waals surface area contributed by atoms with Gasteiger partial charge in [-0.1, -0.05) is 17.3 Å². The standard InChI is InChI=1S/C11H10FN3O2/c1-7-10(11(16)17)15(14-13-7)6-8-3-2-4-9(12)5-8/h2-5H,6H2,1H3,(H,16,17). The average molecular weight is 235 g/mol. The summed E-state index contributed by atoms with van der Waals surface area (Å²) in [5.41, 5.74) is 1.00. The van der Waals surface area contributed by atoms with Crippen LogP contribution in [0.1, 0.15) is 21.7 Å². The van der Waals surface area contributed by atoms with Crippen LogP contribution in [0.4, 0.5) is 4.39 Å². The largest absolute Gasteiger partial charge is 0.476 e. The van der Waals surface area contributed by atoms with Gasteiger partial charge in [0.05, 0.1) is 12.2 Å². The molecule has 0 spiro atoms. The third kappa shape index (κ3) is 2.30. The molecule has 1 N–H and O–H groups in total. The van der Waals surface area contributed by atoms with Crippen LogP contribution in [0.25, 0.3) is 0 Å². The normalized spacial score (nSPS) is 10.5. The van der Waals surface area contributed by atoms with E-state index in [4.69, 9.17) is 5.11 Å². The minimum atomic E-state index is -1.09. The summed E-state index contributed by atoms with van der Waals surface area (Å²) in [4.78, 5) is 11.0. The number of benzene rings is 1. The second kappa shape index (κ2) is 4.32. The minimum Gasteiger partial charge on any atom is -0.476 e. The number of hydrogen-bond acceptors (Lipinski definition) is 3. The summed E-state index contributed by atoms with van der Waals surface area (Å²) in [6.45, 7) is 1.75. The third-order valence-electron chi connectivity index (χ3n) is 2.33. The number of carboxylic acids is 1. The molecule has 0 amide bonds. The van der Waals surface area contributed by atoms with Crippen molar-refractivity contribution in [3.63, 3.8) is 0 Å². The molecule has 0 atom stereocenters. The van der Waals surface area contributed by atoms with Crippen LogP contribution >= 0.6 is 0 Å². The molecule has 2 rings (SSSR count). The van der Waals surface area contributed by atoms with E-state index in [1.807, 2.05) is 0 Å². The third-order valence-corrected chi connectivity index (χ3v) is 2.33. The van der Waals surface area contributed by atoms with Crippen LogP contribution in [0.3, 0.4) is 0 Å². The zero-order valence-electron chi connectivity index (χ0n) is 9.09. The highest BCUT2D eigenvalue weighted by Gasteiger charge is 2.16. The first kappa shape index (κ1) is 11.3. The van der Waals surface area contributed by atoms with E-state index in [0.717, 1.165) is 0 Å². The maximum absolute atomic E-state index is 13.0. The van der Waals surface area contributed by atoms with Crippen molar-refractivity contribution in [2.45, 2.75) is 13.5 Å². The van der Waals surface area contributed by atoms with E-state index in [1.54, 1.807) is 19.1 Å². The maximum atomic E-state index is 13.0. The van der Waals surface area contributed by atoms with E-state index in [0.29, 0.717) is 11.3 Å². The predicted octanol–water partition coefficient (Wildman–Crippen LogP) is 1.47. The van der Waals surface area contributed by atoms with Gasteiger partial charge in [0, 0.05) is 0 Å². The molecular weight excluding hydrogens is 225 g/mol. The Morgan fingerprint density at radius 3 is 2.94 bits per heavy atom. The van der Waals surface area contributed by atoms with Crippen LogP contribution in [-0.4, -0.2) is 26.1 Å². The van der Waals surface area contributed by atoms with Gasteiger partial charge in [0.2, 0.25) is 0 Å². The second-order valence-corrected chi connectivity index (χ2v) is 3.62. The molecule has 0 bridgehead atoms. The number of aromatic carboxylic acids is 1. The monoisotopic (exact) mass is 235 g/mol. The molecule has 0 aliphatic rings. The summed E-state index contributed by atoms with van der Waals surface area (Å²) in [5.74, 6) is -1.46. The van der Waals surface area contributed by atoms with Crippen LogP contribution in [0.15, 0.2) is 24.3 Å². The number of carbonyl (C=O) groups is 1. The Morgan fingerprint density at radius 1 is 1.53 bits per heavy atom. The first-order valence-corrected chi connectivity index (χ1v) is 4.96. The number of halogens is 1. The highest BCUT2D eigenvalue weighted by atomic mass is 19.1. The fraction of sp³-hybridized carbons (Fsp3) is 0.182. The molecule has 88 valence electrons. The molecule has 0 aliphatic carbocycles. The Labute approximate surface area is 96.5 Å². The van der Waals surface area contributed by atoms with Crippen molar-refractivity contribution in [2.24, 2.45) is 0 Å². The molecule has 0 fully saturated rings. The molecule has 1 aromatic carbocycles. The Bertz CT molecular complexity index is 566. The van der Waals surface area contributed by atoms with E-state index in [9.17, 15) is 9.18 Å². The Morgan fingerprint density at radius 2 is 2.29 bits per heavy atom. The lowest BCUT2D eigenvalue weighted by atomic mass is 10.2. The molecule has 17 heavy (non-hydrogen) atoms. The van der Waals surface area contributed by atoms with Gasteiger partial charge in [0.25, 0.3) is 0 Å². The highest BCUT2D eigenvalue weighted by molar-refractivity contribution is 5.86. The summed E-state index contributed by atoms with van der Waals surface area (Å²) in [6, 6.07) is 5.93. The lowest BCUT2D eigenvalue weighted by Crippen LogP contribution is -2.12. The van der Waals surface area contributed by atoms with Crippen molar-refractivity contribution in [1.82, 2.24) is 15.0 Å². The van der Waals surface area contributed by atoms with Crippen LogP contribution in [0.2, 0.25) is 0 Å². The first-order valence-electron chi connectivity index (χ1n) is 4.96. The first-order chi connectivity index (χ1) is 8.08. The lowest BCUT2D eigenvalue weighted by molar-refractivity contribution is 0.0683. The minimum absolute atomic E-state index is 0.0225. The van der Waals surface area contributed by atoms with Gasteiger partial charge in [-0.25, -0.2) is 13.9 Å². The molecular formula is C11H10FN3O2. The van der Waals surface area contributed by atoms with Crippen molar-refractivity contribution >= 4 is 5.97 Å². The lowest BCUT2D eigenvalue weighted by Gasteiger charge is -2.03. The number of nitrogens with zero attached hydrogens (tertiary/aromatic N) is 3. The Kier molecular flexibility index (Phi) is 2.86. The highest BCUT2D eigenvalue weighted by Crippen LogP contribution is 2.09. The number of hydrogen-bond donors (Lipinski definition) is 1. The number of aryl methyl sites for hydroxylation is 1. The molecule has 0 radical (unpaired) electrons. The van der Waals surface area contributed by atoms with E-state index >= 15 is 0 Å². The van der Waals surface area contributed by atoms with Gasteiger partial charge in [0.15, 0.2) is 5.69 Å². The molecule has 0 saturated carbocycles. The van der Waals surface area contributed by atoms with Gasteiger partial charge in [-0.3, -0.25) is 0 Å². The Hall–Kier alpha value is -2.24. The van der Waals surface area contributed by atoms with Gasteiger partial charge in [-0.15, -0.1) is 5.10 Å². The maximum Gasteiger partial charge on any atom is 0.356 e. The van der Waals surface area contributed by atoms with E-state index in [-0.39, 0.29) is 18.1 Å². The van der Waals surface area contributed by atoms with Crippen LogP contribution in [-0.2, 0) is 6.54 Å². The predicted molar refractivity (Wildman–Crippen MR) is 57.2 cm³/mol. The second-order valence-electron chi connectivity index (χ2n) is 3.62. The number of carboxylic acid groups (broad SMARTS) is 1. The zero-order valence-corrected chi connectivity index (χ0v) is 9.09. The fourth-order valence-electron chi connectivity index (χ4n) is 1.58. The van der Waals surface area contributed by atoms with Crippen LogP contribution in [0, 0.1) is 12.7 Å². The summed E-state index contributed by atoms with van der Waals surface area (Å²) < 4.78 is 14.2. The summed E-state index contributed by atoms with van der Waals surface area (Å²) >= 11 is 0. The van der Waals surface area contributed by atoms with Gasteiger partial charge >= 0.3 is 5.97 Å². The van der Waals surface area contributed by atoms with Gasteiger partial charge < -0.3 is 5.11 Å². The molecule has 0 unspecified atom stereocenters. The molecule has 5 nitrogen and oxygen atoms in total. The van der Waals surface area contributed by atoms with Crippen LogP contribution in [0.5, 0.6) is 0 Å². The van der Waals surface area contributed by atoms with Crippen molar-refractivity contribution in [2.75, 3.05) is 0 Å². The number of aromatic nitrogens is 3. The van der Waals surface area contributed by atoms with Crippen molar-refractivity contribution in [3.05, 3.63) is 47.0 Å². The van der Waals surface area contributed by atoms with Gasteiger partial charge in [-0.2, -0.15) is 0 Å². The summed E-state index contributed by atoms with van der Waals surface area (Å²) in [6.07, 6.45) is 0. The van der Waals surface area contributed by atoms with Crippen molar-refractivity contribution in [1.29, 1.82) is 0 Å². The topological polar surface area (TPSA) is 68.0 Å². The molecule has 2 aromatic rings. The van der Waals surface area contributed by atoms with Gasteiger partial charge in [0.1, 0.15) is 5.82 Å². The summed E-state index contributed by atoms with van der Waals surface area (Å²) in [5, 5.41) is 16.4. The summed E-state index contributed by atoms with van der Waals surface area (Å²) in [7, 11) is 0. The van der Waals surface area contributed by atoms with E-state index in [1.165, 1.54) is 16.8 Å². The smallest absolute Gasteiger partial charge is 0.356 e. The number of rotatable bonds is 3. The van der Waals surface area contributed by atoms with E-state index < -0.39 is 5.97 Å². The van der Waals surface area contributed by atoms with Gasteiger partial charge in [-0.05, 0) is 24.6 Å². The average Bonchev–Trinajstić information content (AvgIpc) is 2.59. The quantitative estimate of drug-likeness (QED) is 0.874. The molecule has 0 saturated heterocycles. The molecule has 1 aromatic heterocycles. The van der Waals surface area contributed by atoms with Crippen LogP contribution < -0.4 is 0 Å². The Balaban J connectivity index is 2.33. The van der Waals surface area contributed by atoms with Crippen molar-refractivity contribution in [3.8, 4) is 0 Å². The van der Waals surface area contributed by atoms with E-state index in [2.05, 4.69) is 10.3 Å².